The van der Waals surface area contributed by atoms with Gasteiger partial charge in [0, 0.05) is 37.1 Å². The van der Waals surface area contributed by atoms with Gasteiger partial charge >= 0.3 is 23.9 Å². The van der Waals surface area contributed by atoms with Crippen molar-refractivity contribution in [2.75, 3.05) is 44.6 Å². The summed E-state index contributed by atoms with van der Waals surface area (Å²) in [5, 5.41) is 19.8. The number of ketones is 2. The first-order chi connectivity index (χ1) is 23.8. The van der Waals surface area contributed by atoms with Crippen molar-refractivity contribution in [3.05, 3.63) is 52.3 Å². The molecular formula is C33H40ClF7N4O6. The molecule has 2 amide bonds. The molecule has 51 heavy (non-hydrogen) atoms. The van der Waals surface area contributed by atoms with Gasteiger partial charge in [-0.3, -0.25) is 19.2 Å². The van der Waals surface area contributed by atoms with Crippen molar-refractivity contribution in [2.45, 2.75) is 70.8 Å². The minimum atomic E-state index is -5.77. The van der Waals surface area contributed by atoms with Crippen LogP contribution in [0, 0.1) is 5.82 Å². The quantitative estimate of drug-likeness (QED) is 0.0717. The van der Waals surface area contributed by atoms with Crippen LogP contribution in [0.2, 0.25) is 5.02 Å². The van der Waals surface area contributed by atoms with Gasteiger partial charge in [-0.25, -0.2) is 4.39 Å². The summed E-state index contributed by atoms with van der Waals surface area (Å²) < 4.78 is 86.0. The van der Waals surface area contributed by atoms with Crippen molar-refractivity contribution >= 4 is 40.7 Å². The maximum atomic E-state index is 13.5. The SMILES string of the molecule is CCCC[C@@H](C)N(CCNCCc1ccc(O)c2c1OCC(=O)N2)C(=O)CCNCCc1cc(F)cc(Cl)c1.O=C(C(=O)C(F)(F)F)C(F)(F)F. The highest BCUT2D eigenvalue weighted by molar-refractivity contribution is 6.41. The summed E-state index contributed by atoms with van der Waals surface area (Å²) in [6.07, 6.45) is -6.77. The third-order valence-corrected chi connectivity index (χ3v) is 7.73. The number of halogens is 8. The number of alkyl halides is 6. The molecule has 1 atom stereocenters. The summed E-state index contributed by atoms with van der Waals surface area (Å²) in [7, 11) is 0. The van der Waals surface area contributed by atoms with Crippen LogP contribution >= 0.6 is 11.6 Å². The predicted molar refractivity (Wildman–Crippen MR) is 174 cm³/mol. The smallest absolute Gasteiger partial charge is 0.458 e. The Hall–Kier alpha value is -3.96. The Morgan fingerprint density at radius 1 is 0.980 bits per heavy atom. The molecule has 1 aliphatic heterocycles. The fourth-order valence-corrected chi connectivity index (χ4v) is 5.16. The van der Waals surface area contributed by atoms with Crippen LogP contribution in [0.4, 0.5) is 36.4 Å². The van der Waals surface area contributed by atoms with Crippen molar-refractivity contribution in [1.29, 1.82) is 0 Å². The maximum absolute atomic E-state index is 13.5. The number of phenols is 1. The molecule has 2 aromatic carbocycles. The highest BCUT2D eigenvalue weighted by Crippen LogP contribution is 2.39. The van der Waals surface area contributed by atoms with E-state index in [4.69, 9.17) is 16.3 Å². The molecule has 0 spiro atoms. The molecule has 0 aromatic heterocycles. The van der Waals surface area contributed by atoms with E-state index in [2.05, 4.69) is 29.8 Å². The van der Waals surface area contributed by atoms with Crippen molar-refractivity contribution in [3.8, 4) is 11.5 Å². The van der Waals surface area contributed by atoms with E-state index < -0.39 is 23.9 Å². The second-order valence-corrected chi connectivity index (χ2v) is 12.0. The molecule has 10 nitrogen and oxygen atoms in total. The summed E-state index contributed by atoms with van der Waals surface area (Å²) >= 11 is 5.92. The van der Waals surface area contributed by atoms with E-state index in [1.807, 2.05) is 4.90 Å². The van der Waals surface area contributed by atoms with Crippen molar-refractivity contribution < 1.29 is 59.8 Å². The number of benzene rings is 2. The molecule has 18 heteroatoms. The second-order valence-electron chi connectivity index (χ2n) is 11.5. The van der Waals surface area contributed by atoms with E-state index in [9.17, 15) is 55.0 Å². The Morgan fingerprint density at radius 3 is 2.22 bits per heavy atom. The number of rotatable bonds is 17. The third kappa shape index (κ3) is 14.7. The number of fused-ring (bicyclic) bond motifs is 1. The number of Topliss-reactive ketones (excluding diaryl/α,β-unsaturated/α-hetero) is 2. The molecule has 0 saturated carbocycles. The van der Waals surface area contributed by atoms with Gasteiger partial charge in [0.2, 0.25) is 5.91 Å². The van der Waals surface area contributed by atoms with Crippen LogP contribution in [0.1, 0.15) is 50.7 Å². The number of hydrogen-bond donors (Lipinski definition) is 4. The first-order valence-corrected chi connectivity index (χ1v) is 16.4. The van der Waals surface area contributed by atoms with Crippen LogP contribution in [0.15, 0.2) is 30.3 Å². The topological polar surface area (TPSA) is 137 Å². The lowest BCUT2D eigenvalue weighted by Gasteiger charge is -2.30. The van der Waals surface area contributed by atoms with Crippen LogP contribution in [-0.4, -0.2) is 91.1 Å². The van der Waals surface area contributed by atoms with Crippen molar-refractivity contribution in [2.24, 2.45) is 0 Å². The lowest BCUT2D eigenvalue weighted by molar-refractivity contribution is -0.193. The van der Waals surface area contributed by atoms with Crippen LogP contribution < -0.4 is 20.7 Å². The number of phenolic OH excluding ortho intramolecular Hbond substituents is 1. The number of nitrogens with one attached hydrogen (secondary N) is 3. The van der Waals surface area contributed by atoms with Crippen LogP contribution in [0.3, 0.4) is 0 Å². The van der Waals surface area contributed by atoms with E-state index in [1.54, 1.807) is 18.2 Å². The predicted octanol–water partition coefficient (Wildman–Crippen LogP) is 5.53. The average molecular weight is 757 g/mol. The molecule has 0 bridgehead atoms. The number of aromatic hydroxyl groups is 1. The van der Waals surface area contributed by atoms with Crippen LogP contribution in [0.25, 0.3) is 0 Å². The summed E-state index contributed by atoms with van der Waals surface area (Å²) in [6.45, 7) is 7.27. The van der Waals surface area contributed by atoms with Gasteiger partial charge in [0.05, 0.1) is 0 Å². The zero-order chi connectivity index (χ0) is 38.4. The molecule has 0 radical (unpaired) electrons. The summed E-state index contributed by atoms with van der Waals surface area (Å²) in [4.78, 5) is 45.9. The molecular weight excluding hydrogens is 717 g/mol. The zero-order valence-corrected chi connectivity index (χ0v) is 28.7. The molecule has 3 rings (SSSR count). The largest absolute Gasteiger partial charge is 0.506 e. The zero-order valence-electron chi connectivity index (χ0n) is 27.9. The van der Waals surface area contributed by atoms with E-state index in [1.165, 1.54) is 12.1 Å². The van der Waals surface area contributed by atoms with E-state index in [0.717, 1.165) is 30.4 Å². The summed E-state index contributed by atoms with van der Waals surface area (Å²) in [5.41, 5.74) is 2.04. The molecule has 1 aliphatic rings. The first-order valence-electron chi connectivity index (χ1n) is 16.0. The minimum absolute atomic E-state index is 0.0159. The number of carbonyl (C=O) groups excluding carboxylic acids is 4. The number of amides is 2. The fourth-order valence-electron chi connectivity index (χ4n) is 4.91. The molecule has 1 heterocycles. The normalized spacial score (nSPS) is 13.3. The molecule has 0 unspecified atom stereocenters. The first kappa shape index (κ1) is 43.2. The number of ether oxygens (including phenoxy) is 1. The highest BCUT2D eigenvalue weighted by atomic mass is 35.5. The molecule has 284 valence electrons. The molecule has 0 fully saturated rings. The van der Waals surface area contributed by atoms with Gasteiger partial charge in [-0.05, 0) is 74.7 Å². The Morgan fingerprint density at radius 2 is 1.61 bits per heavy atom. The Kier molecular flexibility index (Phi) is 17.1. The molecule has 0 saturated heterocycles. The third-order valence-electron chi connectivity index (χ3n) is 7.51. The summed E-state index contributed by atoms with van der Waals surface area (Å²) in [5.74, 6) is -6.85. The molecule has 0 aliphatic carbocycles. The van der Waals surface area contributed by atoms with Crippen molar-refractivity contribution in [3.63, 3.8) is 0 Å². The lowest BCUT2D eigenvalue weighted by atomic mass is 10.1. The Labute approximate surface area is 295 Å². The highest BCUT2D eigenvalue weighted by Gasteiger charge is 2.54. The van der Waals surface area contributed by atoms with Gasteiger partial charge in [-0.1, -0.05) is 37.4 Å². The number of nitrogens with zero attached hydrogens (tertiary/aromatic N) is 1. The number of unbranched alkanes of at least 4 members (excludes halogenated alkanes) is 1. The van der Waals surface area contributed by atoms with E-state index in [-0.39, 0.29) is 36.0 Å². The average Bonchev–Trinajstić information content (AvgIpc) is 3.04. The van der Waals surface area contributed by atoms with Gasteiger partial charge in [0.1, 0.15) is 17.3 Å². The second kappa shape index (κ2) is 20.2. The van der Waals surface area contributed by atoms with Crippen LogP contribution in [0.5, 0.6) is 11.5 Å². The lowest BCUT2D eigenvalue weighted by Crippen LogP contribution is -2.43. The van der Waals surface area contributed by atoms with Gasteiger partial charge in [0.25, 0.3) is 5.91 Å². The minimum Gasteiger partial charge on any atom is -0.506 e. The Bertz CT molecular complexity index is 1460. The van der Waals surface area contributed by atoms with E-state index >= 15 is 0 Å². The molecule has 2 aromatic rings. The van der Waals surface area contributed by atoms with Gasteiger partial charge < -0.3 is 30.7 Å². The summed E-state index contributed by atoms with van der Waals surface area (Å²) in [6, 6.07) is 8.02. The number of hydrogen-bond acceptors (Lipinski definition) is 8. The van der Waals surface area contributed by atoms with Gasteiger partial charge in [-0.15, -0.1) is 0 Å². The standard InChI is InChI=1S/C29H40ClFN4O4.C4F6O2/c1-3-4-5-20(2)35(27(38)10-13-32-11-8-21-16-23(30)18-24(31)17-21)15-14-33-12-9-22-6-7-25(36)28-29(22)39-19-26(37)34-28;5-3(6,7)1(11)2(12)4(8,9)10/h6-7,16-18,20,32-33,36H,3-5,8-15,19H2,1-2H3,(H,34,37);/t20-;/m1./s1. The van der Waals surface area contributed by atoms with Gasteiger partial charge in [0.15, 0.2) is 12.4 Å². The molecule has 4 N–H and O–H groups in total. The maximum Gasteiger partial charge on any atom is 0.458 e. The van der Waals surface area contributed by atoms with Gasteiger partial charge in [-0.2, -0.15) is 26.3 Å². The van der Waals surface area contributed by atoms with Crippen molar-refractivity contribution in [1.82, 2.24) is 15.5 Å². The van der Waals surface area contributed by atoms with Crippen LogP contribution in [-0.2, 0) is 32.0 Å². The fraction of sp³-hybridized carbons (Fsp3) is 0.515. The number of anilines is 1. The Balaban J connectivity index is 0.000000641. The monoisotopic (exact) mass is 756 g/mol. The van der Waals surface area contributed by atoms with E-state index in [0.29, 0.717) is 68.4 Å². The number of carbonyl (C=O) groups is 4.